The monoisotopic (exact) mass is 394 g/mol. The first-order valence-corrected chi connectivity index (χ1v) is 10.6. The van der Waals surface area contributed by atoms with Crippen LogP contribution in [-0.4, -0.2) is 55.2 Å². The average Bonchev–Trinajstić information content (AvgIpc) is 2.80. The van der Waals surface area contributed by atoms with Gasteiger partial charge in [0.05, 0.1) is 18.8 Å². The van der Waals surface area contributed by atoms with Gasteiger partial charge in [-0.25, -0.2) is 4.98 Å². The second-order valence-corrected chi connectivity index (χ2v) is 7.84. The van der Waals surface area contributed by atoms with Crippen LogP contribution >= 0.6 is 0 Å². The van der Waals surface area contributed by atoms with Gasteiger partial charge in [0.15, 0.2) is 0 Å². The molecule has 3 heterocycles. The van der Waals surface area contributed by atoms with Gasteiger partial charge in [-0.1, -0.05) is 30.7 Å². The smallest absolute Gasteiger partial charge is 0.253 e. The van der Waals surface area contributed by atoms with E-state index in [2.05, 4.69) is 44.4 Å². The van der Waals surface area contributed by atoms with Crippen LogP contribution in [0, 0.1) is 0 Å². The van der Waals surface area contributed by atoms with Gasteiger partial charge in [-0.15, -0.1) is 0 Å². The fraction of sp³-hybridized carbons (Fsp3) is 0.478. The number of carbonyl (C=O) groups excluding carboxylic acids is 1. The molecule has 0 spiro atoms. The summed E-state index contributed by atoms with van der Waals surface area (Å²) in [6.07, 6.45) is 5.64. The number of aromatic nitrogens is 1. The summed E-state index contributed by atoms with van der Waals surface area (Å²) >= 11 is 0. The minimum Gasteiger partial charge on any atom is -0.378 e. The van der Waals surface area contributed by atoms with Crippen LogP contribution in [0.15, 0.2) is 42.6 Å². The summed E-state index contributed by atoms with van der Waals surface area (Å²) in [6, 6.07) is 12.3. The highest BCUT2D eigenvalue weighted by atomic mass is 16.5. The Labute approximate surface area is 172 Å². The van der Waals surface area contributed by atoms with Crippen molar-refractivity contribution in [2.24, 2.45) is 0 Å². The van der Waals surface area contributed by atoms with Crippen molar-refractivity contribution in [1.82, 2.24) is 15.2 Å². The molecule has 0 bridgehead atoms. The number of pyridine rings is 1. The number of nitrogens with zero attached hydrogens (tertiary/aromatic N) is 3. The van der Waals surface area contributed by atoms with Crippen molar-refractivity contribution in [3.8, 4) is 0 Å². The average molecular weight is 395 g/mol. The van der Waals surface area contributed by atoms with Crippen molar-refractivity contribution < 1.29 is 9.53 Å². The first-order chi connectivity index (χ1) is 14.3. The Morgan fingerprint density at radius 3 is 2.34 bits per heavy atom. The van der Waals surface area contributed by atoms with E-state index >= 15 is 0 Å². The lowest BCUT2D eigenvalue weighted by atomic mass is 10.1. The van der Waals surface area contributed by atoms with Gasteiger partial charge in [0.25, 0.3) is 5.91 Å². The topological polar surface area (TPSA) is 57.7 Å². The Balaban J connectivity index is 1.26. The molecule has 6 nitrogen and oxygen atoms in total. The maximum Gasteiger partial charge on any atom is 0.253 e. The summed E-state index contributed by atoms with van der Waals surface area (Å²) in [5, 5.41) is 2.99. The van der Waals surface area contributed by atoms with E-state index in [9.17, 15) is 4.79 Å². The maximum absolute atomic E-state index is 12.4. The highest BCUT2D eigenvalue weighted by molar-refractivity contribution is 5.94. The molecule has 2 fully saturated rings. The van der Waals surface area contributed by atoms with Gasteiger partial charge in [0.1, 0.15) is 5.82 Å². The van der Waals surface area contributed by atoms with Crippen LogP contribution in [0.5, 0.6) is 0 Å². The minimum atomic E-state index is -0.0941. The van der Waals surface area contributed by atoms with Crippen molar-refractivity contribution in [2.75, 3.05) is 44.3 Å². The number of likely N-dealkylation sites (tertiary alicyclic amines) is 1. The van der Waals surface area contributed by atoms with E-state index in [0.29, 0.717) is 12.1 Å². The van der Waals surface area contributed by atoms with E-state index in [0.717, 1.165) is 44.2 Å². The number of rotatable bonds is 6. The van der Waals surface area contributed by atoms with Gasteiger partial charge in [-0.05, 0) is 49.2 Å². The zero-order chi connectivity index (χ0) is 19.9. The zero-order valence-corrected chi connectivity index (χ0v) is 17.0. The van der Waals surface area contributed by atoms with Crippen LogP contribution in [0.3, 0.4) is 0 Å². The number of benzene rings is 1. The van der Waals surface area contributed by atoms with Gasteiger partial charge >= 0.3 is 0 Å². The quantitative estimate of drug-likeness (QED) is 0.817. The number of anilines is 1. The molecular formula is C23H30N4O2. The van der Waals surface area contributed by atoms with Crippen LogP contribution < -0.4 is 10.2 Å². The number of amides is 1. The van der Waals surface area contributed by atoms with Crippen molar-refractivity contribution in [1.29, 1.82) is 0 Å². The Hall–Kier alpha value is -2.44. The molecule has 2 aliphatic heterocycles. The third-order valence-electron chi connectivity index (χ3n) is 5.68. The molecule has 1 aromatic heterocycles. The van der Waals surface area contributed by atoms with Crippen LogP contribution in [0.25, 0.3) is 0 Å². The van der Waals surface area contributed by atoms with E-state index in [1.165, 1.54) is 37.9 Å². The van der Waals surface area contributed by atoms with Gasteiger partial charge in [0, 0.05) is 32.4 Å². The molecule has 1 amide bonds. The molecule has 2 saturated heterocycles. The first kappa shape index (κ1) is 19.9. The lowest BCUT2D eigenvalue weighted by Gasteiger charge is -2.27. The van der Waals surface area contributed by atoms with Crippen molar-refractivity contribution in [3.05, 3.63) is 59.3 Å². The van der Waals surface area contributed by atoms with Gasteiger partial charge in [0.2, 0.25) is 0 Å². The fourth-order valence-corrected chi connectivity index (χ4v) is 3.92. The molecule has 6 heteroatoms. The molecule has 0 saturated carbocycles. The second-order valence-electron chi connectivity index (χ2n) is 7.84. The highest BCUT2D eigenvalue weighted by Gasteiger charge is 2.14. The number of hydrogen-bond donors (Lipinski definition) is 1. The van der Waals surface area contributed by atoms with E-state index in [-0.39, 0.29) is 5.91 Å². The summed E-state index contributed by atoms with van der Waals surface area (Å²) in [5.74, 6) is 0.803. The molecule has 0 atom stereocenters. The Kier molecular flexibility index (Phi) is 6.75. The Bertz CT molecular complexity index is 780. The van der Waals surface area contributed by atoms with Gasteiger partial charge in [-0.3, -0.25) is 9.69 Å². The van der Waals surface area contributed by atoms with E-state index in [1.807, 2.05) is 12.1 Å². The lowest BCUT2D eigenvalue weighted by molar-refractivity contribution is 0.0950. The zero-order valence-electron chi connectivity index (χ0n) is 17.0. The number of morpholine rings is 1. The predicted octanol–water partition coefficient (Wildman–Crippen LogP) is 2.83. The molecule has 0 radical (unpaired) electrons. The van der Waals surface area contributed by atoms with Gasteiger partial charge in [-0.2, -0.15) is 0 Å². The fourth-order valence-electron chi connectivity index (χ4n) is 3.92. The van der Waals surface area contributed by atoms with E-state index in [4.69, 9.17) is 4.74 Å². The lowest BCUT2D eigenvalue weighted by Crippen LogP contribution is -2.36. The second kappa shape index (κ2) is 9.85. The number of hydrogen-bond acceptors (Lipinski definition) is 5. The van der Waals surface area contributed by atoms with Gasteiger partial charge < -0.3 is 15.0 Å². The van der Waals surface area contributed by atoms with Crippen molar-refractivity contribution in [2.45, 2.75) is 32.4 Å². The largest absolute Gasteiger partial charge is 0.378 e. The molecule has 0 unspecified atom stereocenters. The molecule has 4 rings (SSSR count). The van der Waals surface area contributed by atoms with Crippen LogP contribution in [0.2, 0.25) is 0 Å². The number of nitrogens with one attached hydrogen (secondary N) is 1. The summed E-state index contributed by atoms with van der Waals surface area (Å²) in [4.78, 5) is 21.6. The molecule has 2 aliphatic rings. The maximum atomic E-state index is 12.4. The van der Waals surface area contributed by atoms with E-state index < -0.39 is 0 Å². The highest BCUT2D eigenvalue weighted by Crippen LogP contribution is 2.15. The van der Waals surface area contributed by atoms with Crippen LogP contribution in [-0.2, 0) is 17.8 Å². The summed E-state index contributed by atoms with van der Waals surface area (Å²) in [7, 11) is 0. The number of ether oxygens (including phenoxy) is 1. The summed E-state index contributed by atoms with van der Waals surface area (Å²) < 4.78 is 5.37. The third-order valence-corrected chi connectivity index (χ3v) is 5.68. The summed E-state index contributed by atoms with van der Waals surface area (Å²) in [5.41, 5.74) is 3.03. The molecule has 154 valence electrons. The third kappa shape index (κ3) is 5.55. The van der Waals surface area contributed by atoms with Crippen molar-refractivity contribution in [3.63, 3.8) is 0 Å². The first-order valence-electron chi connectivity index (χ1n) is 10.6. The Morgan fingerprint density at radius 2 is 1.66 bits per heavy atom. The Morgan fingerprint density at radius 1 is 0.931 bits per heavy atom. The SMILES string of the molecule is O=C(NCc1ccc(CN2CCCCC2)cc1)c1ccc(N2CCOCC2)nc1. The molecule has 1 aromatic carbocycles. The molecule has 29 heavy (non-hydrogen) atoms. The molecule has 1 N–H and O–H groups in total. The molecule has 2 aromatic rings. The van der Waals surface area contributed by atoms with Crippen LogP contribution in [0.1, 0.15) is 40.7 Å². The minimum absolute atomic E-state index is 0.0941. The molecule has 0 aliphatic carbocycles. The standard InChI is InChI=1S/C23H30N4O2/c28-23(21-8-9-22(24-17-21)27-12-14-29-15-13-27)25-16-19-4-6-20(7-5-19)18-26-10-2-1-3-11-26/h4-9,17H,1-3,10-16,18H2,(H,25,28). The number of carbonyl (C=O) groups is 1. The normalized spacial score (nSPS) is 17.9. The summed E-state index contributed by atoms with van der Waals surface area (Å²) in [6.45, 7) is 7.08. The number of piperidine rings is 1. The molecular weight excluding hydrogens is 364 g/mol. The van der Waals surface area contributed by atoms with Crippen LogP contribution in [0.4, 0.5) is 5.82 Å². The predicted molar refractivity (Wildman–Crippen MR) is 114 cm³/mol. The van der Waals surface area contributed by atoms with Crippen molar-refractivity contribution >= 4 is 11.7 Å². The van der Waals surface area contributed by atoms with E-state index in [1.54, 1.807) is 6.20 Å².